The molecule has 1 heterocycles. The minimum Gasteiger partial charge on any atom is -0.392 e. The predicted molar refractivity (Wildman–Crippen MR) is 82.1 cm³/mol. The van der Waals surface area contributed by atoms with Crippen molar-refractivity contribution in [3.05, 3.63) is 52.1 Å². The minimum atomic E-state index is -0.689. The molecule has 2 rings (SSSR count). The number of aromatic nitrogens is 2. The van der Waals surface area contributed by atoms with Crippen LogP contribution in [0.2, 0.25) is 5.02 Å². The van der Waals surface area contributed by atoms with Crippen LogP contribution in [0, 0.1) is 5.82 Å². The number of hydrogen-bond acceptors (Lipinski definition) is 2. The fourth-order valence-electron chi connectivity index (χ4n) is 2.40. The summed E-state index contributed by atoms with van der Waals surface area (Å²) < 4.78 is 15.6. The Morgan fingerprint density at radius 2 is 2.10 bits per heavy atom. The highest BCUT2D eigenvalue weighted by Gasteiger charge is 2.16. The second-order valence-electron chi connectivity index (χ2n) is 5.06. The van der Waals surface area contributed by atoms with Crippen molar-refractivity contribution in [1.82, 2.24) is 9.78 Å². The summed E-state index contributed by atoms with van der Waals surface area (Å²) in [5.41, 5.74) is 2.34. The Balaban J connectivity index is 2.11. The molecule has 5 heteroatoms. The summed E-state index contributed by atoms with van der Waals surface area (Å²) in [7, 11) is 0. The molecule has 1 aromatic heterocycles. The van der Waals surface area contributed by atoms with Gasteiger partial charge in [0, 0.05) is 35.7 Å². The molecule has 0 aliphatic carbocycles. The van der Waals surface area contributed by atoms with E-state index in [1.54, 1.807) is 12.1 Å². The molecule has 1 unspecified atom stereocenters. The maximum Gasteiger partial charge on any atom is 0.127 e. The largest absolute Gasteiger partial charge is 0.392 e. The Bertz CT molecular complexity index is 592. The van der Waals surface area contributed by atoms with Crippen LogP contribution in [0.3, 0.4) is 0 Å². The first kappa shape index (κ1) is 16.0. The van der Waals surface area contributed by atoms with Gasteiger partial charge >= 0.3 is 0 Å². The molecule has 0 fully saturated rings. The fourth-order valence-corrected chi connectivity index (χ4v) is 2.64. The summed E-state index contributed by atoms with van der Waals surface area (Å²) in [4.78, 5) is 0. The topological polar surface area (TPSA) is 38.0 Å². The molecule has 0 saturated heterocycles. The summed E-state index contributed by atoms with van der Waals surface area (Å²) in [5, 5.41) is 15.0. The molecule has 114 valence electrons. The molecule has 3 nitrogen and oxygen atoms in total. The van der Waals surface area contributed by atoms with E-state index in [2.05, 4.69) is 5.10 Å². The van der Waals surface area contributed by atoms with E-state index in [0.29, 0.717) is 17.0 Å². The lowest BCUT2D eigenvalue weighted by molar-refractivity contribution is 0.171. The fraction of sp³-hybridized carbons (Fsp3) is 0.438. The normalized spacial score (nSPS) is 12.6. The summed E-state index contributed by atoms with van der Waals surface area (Å²) in [6.07, 6.45) is 0.800. The number of benzene rings is 1. The number of aliphatic hydroxyl groups is 1. The number of aliphatic hydroxyl groups excluding tert-OH is 1. The minimum absolute atomic E-state index is 0.196. The van der Waals surface area contributed by atoms with E-state index in [4.69, 9.17) is 11.6 Å². The predicted octanol–water partition coefficient (Wildman–Crippen LogP) is 3.40. The van der Waals surface area contributed by atoms with E-state index in [1.807, 2.05) is 24.6 Å². The number of hydrogen-bond donors (Lipinski definition) is 1. The SMILES string of the molecule is CCc1cc(CC(O)Cc2c(F)cccc2Cl)n(CC)n1. The third-order valence-corrected chi connectivity index (χ3v) is 3.88. The molecule has 2 aromatic rings. The molecule has 1 aromatic carbocycles. The van der Waals surface area contributed by atoms with Crippen molar-refractivity contribution in [2.75, 3.05) is 0 Å². The van der Waals surface area contributed by atoms with Crippen molar-refractivity contribution in [3.63, 3.8) is 0 Å². The monoisotopic (exact) mass is 310 g/mol. The van der Waals surface area contributed by atoms with E-state index in [0.717, 1.165) is 24.4 Å². The molecule has 0 radical (unpaired) electrons. The van der Waals surface area contributed by atoms with Gasteiger partial charge in [0.05, 0.1) is 11.8 Å². The zero-order valence-electron chi connectivity index (χ0n) is 12.3. The van der Waals surface area contributed by atoms with E-state index in [-0.39, 0.29) is 12.2 Å². The van der Waals surface area contributed by atoms with Gasteiger partial charge < -0.3 is 5.11 Å². The molecular weight excluding hydrogens is 291 g/mol. The molecule has 0 saturated carbocycles. The van der Waals surface area contributed by atoms with E-state index >= 15 is 0 Å². The van der Waals surface area contributed by atoms with Gasteiger partial charge in [-0.15, -0.1) is 0 Å². The van der Waals surface area contributed by atoms with Gasteiger partial charge in [0.15, 0.2) is 0 Å². The second kappa shape index (κ2) is 7.05. The van der Waals surface area contributed by atoms with Crippen molar-refractivity contribution in [2.24, 2.45) is 0 Å². The van der Waals surface area contributed by atoms with Crippen LogP contribution in [-0.2, 0) is 25.8 Å². The van der Waals surface area contributed by atoms with Crippen LogP contribution in [-0.4, -0.2) is 21.0 Å². The zero-order valence-corrected chi connectivity index (χ0v) is 13.1. The average Bonchev–Trinajstić information content (AvgIpc) is 2.85. The van der Waals surface area contributed by atoms with Crippen molar-refractivity contribution in [3.8, 4) is 0 Å². The van der Waals surface area contributed by atoms with Gasteiger partial charge in [0.2, 0.25) is 0 Å². The summed E-state index contributed by atoms with van der Waals surface area (Å²) >= 11 is 5.99. The van der Waals surface area contributed by atoms with Crippen molar-refractivity contribution in [2.45, 2.75) is 45.8 Å². The zero-order chi connectivity index (χ0) is 15.4. The van der Waals surface area contributed by atoms with E-state index < -0.39 is 6.10 Å². The van der Waals surface area contributed by atoms with Gasteiger partial charge in [0.25, 0.3) is 0 Å². The first-order chi connectivity index (χ1) is 10.0. The lowest BCUT2D eigenvalue weighted by atomic mass is 10.0. The average molecular weight is 311 g/mol. The molecule has 21 heavy (non-hydrogen) atoms. The Kier molecular flexibility index (Phi) is 5.37. The Labute approximate surface area is 129 Å². The number of aryl methyl sites for hydroxylation is 2. The van der Waals surface area contributed by atoms with E-state index in [1.165, 1.54) is 6.07 Å². The Hall–Kier alpha value is -1.39. The lowest BCUT2D eigenvalue weighted by Crippen LogP contribution is -2.17. The van der Waals surface area contributed by atoms with Crippen molar-refractivity contribution in [1.29, 1.82) is 0 Å². The molecule has 0 amide bonds. The van der Waals surface area contributed by atoms with E-state index in [9.17, 15) is 9.50 Å². The molecule has 0 bridgehead atoms. The molecule has 0 aliphatic rings. The van der Waals surface area contributed by atoms with Gasteiger partial charge in [-0.1, -0.05) is 24.6 Å². The quantitative estimate of drug-likeness (QED) is 0.888. The summed E-state index contributed by atoms with van der Waals surface area (Å²) in [5.74, 6) is -0.375. The van der Waals surface area contributed by atoms with Crippen LogP contribution in [0.4, 0.5) is 4.39 Å². The number of rotatable bonds is 6. The molecule has 1 atom stereocenters. The second-order valence-corrected chi connectivity index (χ2v) is 5.47. The number of nitrogens with zero attached hydrogens (tertiary/aromatic N) is 2. The third-order valence-electron chi connectivity index (χ3n) is 3.52. The van der Waals surface area contributed by atoms with Crippen molar-refractivity contribution < 1.29 is 9.50 Å². The van der Waals surface area contributed by atoms with Gasteiger partial charge in [-0.25, -0.2) is 4.39 Å². The highest BCUT2D eigenvalue weighted by atomic mass is 35.5. The standard InChI is InChI=1S/C16H20ClFN2O/c1-3-11-8-12(20(4-2)19-11)9-13(21)10-14-15(17)6-5-7-16(14)18/h5-8,13,21H,3-4,9-10H2,1-2H3. The Morgan fingerprint density at radius 1 is 1.33 bits per heavy atom. The van der Waals surface area contributed by atoms with Gasteiger partial charge in [-0.2, -0.15) is 5.10 Å². The van der Waals surface area contributed by atoms with Crippen molar-refractivity contribution >= 4 is 11.6 Å². The van der Waals surface area contributed by atoms with Crippen LogP contribution in [0.25, 0.3) is 0 Å². The smallest absolute Gasteiger partial charge is 0.127 e. The first-order valence-corrected chi connectivity index (χ1v) is 7.59. The van der Waals surface area contributed by atoms with Crippen LogP contribution >= 0.6 is 11.6 Å². The van der Waals surface area contributed by atoms with Crippen LogP contribution in [0.15, 0.2) is 24.3 Å². The van der Waals surface area contributed by atoms with Crippen LogP contribution < -0.4 is 0 Å². The summed E-state index contributed by atoms with van der Waals surface area (Å²) in [6.45, 7) is 4.81. The highest BCUT2D eigenvalue weighted by molar-refractivity contribution is 6.31. The maximum absolute atomic E-state index is 13.7. The lowest BCUT2D eigenvalue weighted by Gasteiger charge is -2.13. The van der Waals surface area contributed by atoms with Crippen LogP contribution in [0.1, 0.15) is 30.8 Å². The molecule has 1 N–H and O–H groups in total. The molecular formula is C16H20ClFN2O. The van der Waals surface area contributed by atoms with Crippen LogP contribution in [0.5, 0.6) is 0 Å². The molecule has 0 aliphatic heterocycles. The number of halogens is 2. The van der Waals surface area contributed by atoms with Gasteiger partial charge in [-0.3, -0.25) is 4.68 Å². The Morgan fingerprint density at radius 3 is 2.71 bits per heavy atom. The summed E-state index contributed by atoms with van der Waals surface area (Å²) in [6, 6.07) is 6.56. The third kappa shape index (κ3) is 3.83. The highest BCUT2D eigenvalue weighted by Crippen LogP contribution is 2.21. The first-order valence-electron chi connectivity index (χ1n) is 7.21. The van der Waals surface area contributed by atoms with Gasteiger partial charge in [-0.05, 0) is 31.5 Å². The van der Waals surface area contributed by atoms with Gasteiger partial charge in [0.1, 0.15) is 5.82 Å². The maximum atomic E-state index is 13.7. The molecule has 0 spiro atoms.